The third-order valence-electron chi connectivity index (χ3n) is 9.91. The summed E-state index contributed by atoms with van der Waals surface area (Å²) in [5, 5.41) is 4.53. The van der Waals surface area contributed by atoms with E-state index < -0.39 is 0 Å². The highest BCUT2D eigenvalue weighted by atomic mass is 16.3. The van der Waals surface area contributed by atoms with Crippen LogP contribution in [-0.2, 0) is 0 Å². The van der Waals surface area contributed by atoms with Crippen LogP contribution in [0.1, 0.15) is 27.7 Å². The third kappa shape index (κ3) is 7.30. The molecule has 0 bridgehead atoms. The number of hydrogen-bond donors (Lipinski definition) is 0. The molecule has 0 saturated heterocycles. The highest BCUT2D eigenvalue weighted by molar-refractivity contribution is 6.10. The average Bonchev–Trinajstić information content (AvgIpc) is 3.89. The molecular formula is C54H45NO2. The first kappa shape index (κ1) is 38.0. The molecule has 3 heteroatoms. The van der Waals surface area contributed by atoms with Crippen LogP contribution in [0.5, 0.6) is 0 Å². The lowest BCUT2D eigenvalue weighted by Gasteiger charge is -2.26. The average molecular weight is 740 g/mol. The van der Waals surface area contributed by atoms with Gasteiger partial charge in [0.15, 0.2) is 0 Å². The van der Waals surface area contributed by atoms with E-state index in [1.807, 2.05) is 52.0 Å². The highest BCUT2D eigenvalue weighted by Crippen LogP contribution is 2.41. The molecule has 2 aromatic heterocycles. The highest BCUT2D eigenvalue weighted by Gasteiger charge is 2.17. The van der Waals surface area contributed by atoms with Gasteiger partial charge in [0.05, 0.1) is 0 Å². The van der Waals surface area contributed by atoms with Gasteiger partial charge in [0.25, 0.3) is 0 Å². The molecule has 278 valence electrons. The zero-order valence-electron chi connectivity index (χ0n) is 32.8. The van der Waals surface area contributed by atoms with E-state index in [-0.39, 0.29) is 0 Å². The van der Waals surface area contributed by atoms with Gasteiger partial charge in [-0.15, -0.1) is 12.8 Å². The van der Waals surface area contributed by atoms with Gasteiger partial charge in [-0.3, -0.25) is 0 Å². The molecule has 8 aromatic carbocycles. The van der Waals surface area contributed by atoms with E-state index in [4.69, 9.17) is 8.83 Å². The Bertz CT molecular complexity index is 2720. The number of anilines is 3. The van der Waals surface area contributed by atoms with E-state index in [1.165, 1.54) is 11.1 Å². The van der Waals surface area contributed by atoms with E-state index in [2.05, 4.69) is 182 Å². The predicted octanol–water partition coefficient (Wildman–Crippen LogP) is 16.3. The predicted molar refractivity (Wildman–Crippen MR) is 245 cm³/mol. The summed E-state index contributed by atoms with van der Waals surface area (Å²) >= 11 is 0. The van der Waals surface area contributed by atoms with Crippen LogP contribution in [0, 0.1) is 12.8 Å². The fraction of sp³-hybridized carbons (Fsp3) is 0.0741. The minimum atomic E-state index is 0.904. The summed E-state index contributed by atoms with van der Waals surface area (Å²) in [5.41, 5.74) is 13.6. The number of hydrogen-bond acceptors (Lipinski definition) is 3. The summed E-state index contributed by atoms with van der Waals surface area (Å²) in [7, 11) is 0. The SMILES string of the molecule is C#C.CC.CC.c1ccc(-c2ccc(N(c3ccc(-c4cccc5c4oc4ccccc45)cc3)c3ccc(-c4cccc5c4oc4ccccc45)cc3)cc2)cc1. The Morgan fingerprint density at radius 2 is 0.649 bits per heavy atom. The molecule has 0 atom stereocenters. The maximum atomic E-state index is 6.38. The van der Waals surface area contributed by atoms with E-state index in [1.54, 1.807) is 0 Å². The lowest BCUT2D eigenvalue weighted by atomic mass is 10.0. The molecule has 0 aliphatic carbocycles. The summed E-state index contributed by atoms with van der Waals surface area (Å²) < 4.78 is 12.8. The number of terminal acetylenes is 1. The molecule has 0 aliphatic rings. The number of furan rings is 2. The zero-order valence-corrected chi connectivity index (χ0v) is 32.8. The number of fused-ring (bicyclic) bond motifs is 6. The van der Waals surface area contributed by atoms with Crippen LogP contribution in [-0.4, -0.2) is 0 Å². The van der Waals surface area contributed by atoms with Gasteiger partial charge < -0.3 is 13.7 Å². The molecule has 0 radical (unpaired) electrons. The van der Waals surface area contributed by atoms with Gasteiger partial charge in [-0.1, -0.05) is 167 Å². The maximum Gasteiger partial charge on any atom is 0.143 e. The van der Waals surface area contributed by atoms with Gasteiger partial charge in [-0.05, 0) is 70.8 Å². The van der Waals surface area contributed by atoms with Crippen LogP contribution < -0.4 is 4.90 Å². The molecule has 0 N–H and O–H groups in total. The second kappa shape index (κ2) is 17.5. The van der Waals surface area contributed by atoms with Crippen LogP contribution in [0.2, 0.25) is 0 Å². The van der Waals surface area contributed by atoms with Crippen molar-refractivity contribution in [2.75, 3.05) is 4.90 Å². The van der Waals surface area contributed by atoms with Crippen LogP contribution in [0.4, 0.5) is 17.1 Å². The minimum Gasteiger partial charge on any atom is -0.455 e. The molecule has 0 aliphatic heterocycles. The summed E-state index contributed by atoms with van der Waals surface area (Å²) in [6.45, 7) is 8.00. The van der Waals surface area contributed by atoms with Crippen LogP contribution >= 0.6 is 0 Å². The number of nitrogens with zero attached hydrogens (tertiary/aromatic N) is 1. The summed E-state index contributed by atoms with van der Waals surface area (Å²) in [6, 6.07) is 66.1. The molecule has 10 aromatic rings. The Labute approximate surface area is 335 Å². The normalized spacial score (nSPS) is 10.6. The van der Waals surface area contributed by atoms with Gasteiger partial charge in [0.1, 0.15) is 22.3 Å². The van der Waals surface area contributed by atoms with Gasteiger partial charge in [-0.25, -0.2) is 0 Å². The topological polar surface area (TPSA) is 29.5 Å². The van der Waals surface area contributed by atoms with E-state index >= 15 is 0 Å². The summed E-state index contributed by atoms with van der Waals surface area (Å²) in [4.78, 5) is 2.31. The standard InChI is InChI=1S/C48H31NO2.2C2H6.C2H2/c1-2-10-32(11-3-1)33-20-26-36(27-21-33)49(37-28-22-34(23-29-37)39-14-8-16-43-41-12-4-6-18-45(41)50-47(39)43)38-30-24-35(25-31-38)40-15-9-17-44-42-13-5-7-19-46(42)51-48(40)44;3*1-2/h1-31H;2*1-2H3;1-2H. The van der Waals surface area contributed by atoms with Crippen molar-refractivity contribution in [3.05, 3.63) is 188 Å². The molecule has 57 heavy (non-hydrogen) atoms. The first-order chi connectivity index (χ1) is 28.3. The number of rotatable bonds is 6. The van der Waals surface area contributed by atoms with E-state index in [0.717, 1.165) is 83.2 Å². The summed E-state index contributed by atoms with van der Waals surface area (Å²) in [6.07, 6.45) is 8.00. The Morgan fingerprint density at radius 1 is 0.316 bits per heavy atom. The molecule has 2 heterocycles. The molecule has 3 nitrogen and oxygen atoms in total. The molecule has 0 saturated carbocycles. The van der Waals surface area contributed by atoms with Gasteiger partial charge in [0, 0.05) is 49.7 Å². The second-order valence-electron chi connectivity index (χ2n) is 12.9. The Balaban J connectivity index is 0.000000792. The second-order valence-corrected chi connectivity index (χ2v) is 12.9. The van der Waals surface area contributed by atoms with Crippen molar-refractivity contribution in [1.82, 2.24) is 0 Å². The fourth-order valence-electron chi connectivity index (χ4n) is 7.41. The van der Waals surface area contributed by atoms with E-state index in [9.17, 15) is 0 Å². The van der Waals surface area contributed by atoms with Crippen molar-refractivity contribution in [1.29, 1.82) is 0 Å². The maximum absolute atomic E-state index is 6.38. The van der Waals surface area contributed by atoms with Crippen LogP contribution in [0.3, 0.4) is 0 Å². The molecule has 0 unspecified atom stereocenters. The largest absolute Gasteiger partial charge is 0.455 e. The quantitative estimate of drug-likeness (QED) is 0.159. The first-order valence-corrected chi connectivity index (χ1v) is 19.6. The van der Waals surface area contributed by atoms with Crippen LogP contribution in [0.25, 0.3) is 77.3 Å². The first-order valence-electron chi connectivity index (χ1n) is 19.6. The fourth-order valence-corrected chi connectivity index (χ4v) is 7.41. The number of benzene rings is 8. The van der Waals surface area contributed by atoms with Crippen LogP contribution in [0.15, 0.2) is 197 Å². The third-order valence-corrected chi connectivity index (χ3v) is 9.91. The number of para-hydroxylation sites is 4. The van der Waals surface area contributed by atoms with Crippen molar-refractivity contribution in [2.45, 2.75) is 27.7 Å². The van der Waals surface area contributed by atoms with Crippen molar-refractivity contribution in [2.24, 2.45) is 0 Å². The monoisotopic (exact) mass is 739 g/mol. The lowest BCUT2D eigenvalue weighted by Crippen LogP contribution is -2.09. The van der Waals surface area contributed by atoms with Crippen molar-refractivity contribution < 1.29 is 8.83 Å². The van der Waals surface area contributed by atoms with Crippen molar-refractivity contribution in [3.63, 3.8) is 0 Å². The lowest BCUT2D eigenvalue weighted by molar-refractivity contribution is 0.669. The Kier molecular flexibility index (Phi) is 11.6. The van der Waals surface area contributed by atoms with Gasteiger partial charge >= 0.3 is 0 Å². The minimum absolute atomic E-state index is 0.904. The Morgan fingerprint density at radius 3 is 1.07 bits per heavy atom. The zero-order chi connectivity index (χ0) is 39.7. The van der Waals surface area contributed by atoms with Gasteiger partial charge in [-0.2, -0.15) is 0 Å². The summed E-state index contributed by atoms with van der Waals surface area (Å²) in [5.74, 6) is 0. The van der Waals surface area contributed by atoms with Crippen molar-refractivity contribution >= 4 is 60.9 Å². The molecule has 0 amide bonds. The smallest absolute Gasteiger partial charge is 0.143 e. The Hall–Kier alpha value is -7.28. The van der Waals surface area contributed by atoms with Gasteiger partial charge in [0.2, 0.25) is 0 Å². The molecular weight excluding hydrogens is 695 g/mol. The molecule has 0 fully saturated rings. The van der Waals surface area contributed by atoms with Crippen molar-refractivity contribution in [3.8, 4) is 46.2 Å². The molecule has 0 spiro atoms. The molecule has 10 rings (SSSR count). The van der Waals surface area contributed by atoms with E-state index in [0.29, 0.717) is 0 Å².